The van der Waals surface area contributed by atoms with Gasteiger partial charge in [0.05, 0.1) is 7.05 Å². The minimum absolute atomic E-state index is 0.327. The van der Waals surface area contributed by atoms with Gasteiger partial charge in [-0.2, -0.15) is 0 Å². The molecule has 0 aliphatic carbocycles. The number of hydrogen-bond acceptors (Lipinski definition) is 1. The Morgan fingerprint density at radius 1 is 1.22 bits per heavy atom. The number of aromatic amines is 1. The molecule has 0 fully saturated rings. The lowest BCUT2D eigenvalue weighted by atomic mass is 10.1. The maximum atomic E-state index is 10.9. The van der Waals surface area contributed by atoms with Gasteiger partial charge in [-0.15, -0.1) is 0 Å². The van der Waals surface area contributed by atoms with E-state index >= 15 is 0 Å². The summed E-state index contributed by atoms with van der Waals surface area (Å²) in [5.41, 5.74) is 0.327. The number of rotatable bonds is 9. The average Bonchev–Trinajstić information content (AvgIpc) is 2.70. The minimum Gasteiger partial charge on any atom is -0.475 e. The van der Waals surface area contributed by atoms with E-state index in [0.29, 0.717) is 5.69 Å². The van der Waals surface area contributed by atoms with E-state index in [-0.39, 0.29) is 0 Å². The highest BCUT2D eigenvalue weighted by Crippen LogP contribution is 2.08. The van der Waals surface area contributed by atoms with Crippen molar-refractivity contribution in [2.24, 2.45) is 7.05 Å². The summed E-state index contributed by atoms with van der Waals surface area (Å²) in [5.74, 6) is 0.125. The summed E-state index contributed by atoms with van der Waals surface area (Å²) in [6, 6.07) is 0. The Labute approximate surface area is 109 Å². The Kier molecular flexibility index (Phi) is 6.47. The Morgan fingerprint density at radius 2 is 1.83 bits per heavy atom. The van der Waals surface area contributed by atoms with E-state index in [1.165, 1.54) is 38.5 Å². The van der Waals surface area contributed by atoms with Crippen LogP contribution in [-0.4, -0.2) is 16.1 Å². The summed E-state index contributed by atoms with van der Waals surface area (Å²) in [7, 11) is 1.80. The lowest BCUT2D eigenvalue weighted by molar-refractivity contribution is -0.680. The van der Waals surface area contributed by atoms with Crippen molar-refractivity contribution in [1.29, 1.82) is 0 Å². The molecule has 0 amide bonds. The Balaban J connectivity index is 2.21. The van der Waals surface area contributed by atoms with Gasteiger partial charge < -0.3 is 5.11 Å². The van der Waals surface area contributed by atoms with Crippen molar-refractivity contribution in [3.63, 3.8) is 0 Å². The molecule has 1 rings (SSSR count). The van der Waals surface area contributed by atoms with Crippen molar-refractivity contribution in [3.05, 3.63) is 17.7 Å². The highest BCUT2D eigenvalue weighted by molar-refractivity contribution is 5.83. The van der Waals surface area contributed by atoms with Crippen molar-refractivity contribution >= 4 is 5.97 Å². The van der Waals surface area contributed by atoms with Gasteiger partial charge in [-0.25, -0.2) is 14.3 Å². The number of aryl methyl sites for hydroxylation is 1. The molecule has 4 nitrogen and oxygen atoms in total. The fourth-order valence-electron chi connectivity index (χ4n) is 2.19. The summed E-state index contributed by atoms with van der Waals surface area (Å²) in [4.78, 5) is 13.9. The summed E-state index contributed by atoms with van der Waals surface area (Å²) in [6.45, 7) is 2.23. The number of carboxylic acids is 1. The number of aromatic nitrogens is 2. The number of carboxylic acid groups (broad SMARTS) is 1. The van der Waals surface area contributed by atoms with E-state index in [9.17, 15) is 4.79 Å². The van der Waals surface area contributed by atoms with Crippen LogP contribution in [0.4, 0.5) is 0 Å². The smallest absolute Gasteiger partial charge is 0.379 e. The van der Waals surface area contributed by atoms with Crippen molar-refractivity contribution in [2.45, 2.75) is 58.3 Å². The number of nitrogens with zero attached hydrogens (tertiary/aromatic N) is 1. The average molecular weight is 253 g/mol. The first kappa shape index (κ1) is 14.7. The van der Waals surface area contributed by atoms with Crippen LogP contribution in [-0.2, 0) is 13.5 Å². The predicted octanol–water partition coefficient (Wildman–Crippen LogP) is 2.83. The highest BCUT2D eigenvalue weighted by atomic mass is 16.4. The van der Waals surface area contributed by atoms with Gasteiger partial charge in [0.1, 0.15) is 6.20 Å². The van der Waals surface area contributed by atoms with Crippen LogP contribution < -0.4 is 4.57 Å². The van der Waals surface area contributed by atoms with E-state index in [2.05, 4.69) is 11.9 Å². The van der Waals surface area contributed by atoms with Gasteiger partial charge in [0, 0.05) is 6.42 Å². The van der Waals surface area contributed by atoms with Crippen LogP contribution in [0.25, 0.3) is 0 Å². The molecule has 0 radical (unpaired) electrons. The Hall–Kier alpha value is -1.32. The van der Waals surface area contributed by atoms with Crippen LogP contribution >= 0.6 is 0 Å². The number of carbonyl (C=O) groups is 1. The predicted molar refractivity (Wildman–Crippen MR) is 70.6 cm³/mol. The summed E-state index contributed by atoms with van der Waals surface area (Å²) in [6.07, 6.45) is 11.4. The maximum absolute atomic E-state index is 10.9. The van der Waals surface area contributed by atoms with Crippen LogP contribution in [0.3, 0.4) is 0 Å². The van der Waals surface area contributed by atoms with Crippen molar-refractivity contribution in [3.8, 4) is 0 Å². The van der Waals surface area contributed by atoms with Gasteiger partial charge in [0.2, 0.25) is 0 Å². The molecule has 4 heteroatoms. The van der Waals surface area contributed by atoms with E-state index in [4.69, 9.17) is 5.11 Å². The summed E-state index contributed by atoms with van der Waals surface area (Å²) < 4.78 is 1.74. The molecule has 0 bridgehead atoms. The first-order valence-electron chi connectivity index (χ1n) is 6.96. The van der Waals surface area contributed by atoms with Gasteiger partial charge >= 0.3 is 5.97 Å². The molecule has 102 valence electrons. The molecule has 1 aromatic heterocycles. The highest BCUT2D eigenvalue weighted by Gasteiger charge is 2.19. The van der Waals surface area contributed by atoms with E-state index in [0.717, 1.165) is 18.7 Å². The number of unbranched alkanes of at least 4 members (excludes halogenated alkanes) is 6. The normalized spacial score (nSPS) is 10.8. The van der Waals surface area contributed by atoms with Gasteiger partial charge in [0.25, 0.3) is 11.5 Å². The number of H-pyrrole nitrogens is 1. The third-order valence-electron chi connectivity index (χ3n) is 3.38. The number of aromatic carboxylic acids is 1. The van der Waals surface area contributed by atoms with Crippen LogP contribution in [0, 0.1) is 0 Å². The lowest BCUT2D eigenvalue weighted by Gasteiger charge is -1.99. The van der Waals surface area contributed by atoms with Gasteiger partial charge in [-0.3, -0.25) is 0 Å². The number of nitrogens with one attached hydrogen (secondary N) is 1. The van der Waals surface area contributed by atoms with Crippen LogP contribution in [0.15, 0.2) is 6.20 Å². The lowest BCUT2D eigenvalue weighted by Crippen LogP contribution is -2.37. The van der Waals surface area contributed by atoms with Crippen LogP contribution in [0.5, 0.6) is 0 Å². The zero-order valence-corrected chi connectivity index (χ0v) is 11.5. The third-order valence-corrected chi connectivity index (χ3v) is 3.38. The molecule has 0 saturated heterocycles. The standard InChI is InChI=1S/C14H24N2O2/c1-3-4-5-6-7-8-9-10-13-15-11-12(14(17)18)16(13)2/h11H,3-10H2,1-2H3,(H,17,18)/p+1. The van der Waals surface area contributed by atoms with Crippen LogP contribution in [0.2, 0.25) is 0 Å². The Bertz CT molecular complexity index is 372. The second-order valence-corrected chi connectivity index (χ2v) is 4.86. The maximum Gasteiger partial charge on any atom is 0.379 e. The molecule has 1 heterocycles. The Morgan fingerprint density at radius 3 is 2.39 bits per heavy atom. The largest absolute Gasteiger partial charge is 0.475 e. The first-order chi connectivity index (χ1) is 8.66. The molecule has 0 saturated carbocycles. The zero-order chi connectivity index (χ0) is 13.4. The van der Waals surface area contributed by atoms with E-state index in [1.54, 1.807) is 17.8 Å². The molecule has 0 aliphatic rings. The van der Waals surface area contributed by atoms with Crippen molar-refractivity contribution in [2.75, 3.05) is 0 Å². The van der Waals surface area contributed by atoms with Crippen molar-refractivity contribution in [1.82, 2.24) is 4.98 Å². The second-order valence-electron chi connectivity index (χ2n) is 4.86. The summed E-state index contributed by atoms with van der Waals surface area (Å²) in [5, 5.41) is 8.93. The summed E-state index contributed by atoms with van der Waals surface area (Å²) >= 11 is 0. The second kappa shape index (κ2) is 7.90. The molecule has 0 aromatic carbocycles. The van der Waals surface area contributed by atoms with E-state index in [1.807, 2.05) is 0 Å². The number of hydrogen-bond donors (Lipinski definition) is 2. The quantitative estimate of drug-likeness (QED) is 0.525. The molecule has 1 aromatic rings. The molecule has 18 heavy (non-hydrogen) atoms. The molecule has 2 N–H and O–H groups in total. The topological polar surface area (TPSA) is 57.0 Å². The monoisotopic (exact) mass is 253 g/mol. The van der Waals surface area contributed by atoms with Gasteiger partial charge in [-0.05, 0) is 6.42 Å². The van der Waals surface area contributed by atoms with Gasteiger partial charge in [0.15, 0.2) is 0 Å². The minimum atomic E-state index is -0.875. The fourth-order valence-corrected chi connectivity index (χ4v) is 2.19. The molecule has 0 unspecified atom stereocenters. The molecular weight excluding hydrogens is 228 g/mol. The molecular formula is C14H25N2O2+. The first-order valence-corrected chi connectivity index (χ1v) is 6.96. The van der Waals surface area contributed by atoms with Crippen LogP contribution in [0.1, 0.15) is 68.2 Å². The van der Waals surface area contributed by atoms with E-state index < -0.39 is 5.97 Å². The zero-order valence-electron chi connectivity index (χ0n) is 11.5. The third kappa shape index (κ3) is 4.51. The van der Waals surface area contributed by atoms with Gasteiger partial charge in [-0.1, -0.05) is 45.4 Å². The van der Waals surface area contributed by atoms with Crippen molar-refractivity contribution < 1.29 is 14.5 Å². The fraction of sp³-hybridized carbons (Fsp3) is 0.714. The molecule has 0 aliphatic heterocycles. The molecule has 0 atom stereocenters. The SMILES string of the molecule is CCCCCCCCCc1[nH]cc(C(=O)O)[n+]1C. The molecule has 0 spiro atoms. The number of imidazole rings is 1.